The fourth-order valence-corrected chi connectivity index (χ4v) is 3.52. The molecule has 0 aromatic rings. The van der Waals surface area contributed by atoms with Crippen molar-refractivity contribution < 1.29 is 19.3 Å². The highest BCUT2D eigenvalue weighted by atomic mass is 127. The standard InChI is InChI=1S/C19H31IO4/c1-13(15(3)20)11-16(21)5-7-18-14(2)12-17(24-18)6-8-19-22-9-4-10-23-19/h13,16-19,21H,2-12H2,1H3/t13?,16-,17+,18+/m1/s1. The fourth-order valence-electron chi connectivity index (χ4n) is 3.27. The molecule has 2 saturated heterocycles. The number of ether oxygens (including phenoxy) is 3. The van der Waals surface area contributed by atoms with Crippen molar-refractivity contribution in [2.45, 2.75) is 76.5 Å². The van der Waals surface area contributed by atoms with E-state index in [4.69, 9.17) is 14.2 Å². The first-order valence-electron chi connectivity index (χ1n) is 9.04. The van der Waals surface area contributed by atoms with Gasteiger partial charge in [0.2, 0.25) is 0 Å². The van der Waals surface area contributed by atoms with Crippen molar-refractivity contribution in [1.82, 2.24) is 0 Å². The molecule has 24 heavy (non-hydrogen) atoms. The molecule has 2 aliphatic rings. The van der Waals surface area contributed by atoms with Crippen LogP contribution in [-0.4, -0.2) is 42.9 Å². The van der Waals surface area contributed by atoms with E-state index in [0.29, 0.717) is 5.92 Å². The van der Waals surface area contributed by atoms with Crippen LogP contribution in [0.25, 0.3) is 0 Å². The fraction of sp³-hybridized carbons (Fsp3) is 0.789. The van der Waals surface area contributed by atoms with Gasteiger partial charge in [0.25, 0.3) is 0 Å². The Morgan fingerprint density at radius 2 is 2.00 bits per heavy atom. The quantitative estimate of drug-likeness (QED) is 0.419. The molecule has 0 radical (unpaired) electrons. The molecular weight excluding hydrogens is 419 g/mol. The van der Waals surface area contributed by atoms with Gasteiger partial charge in [0.15, 0.2) is 6.29 Å². The molecule has 2 rings (SSSR count). The van der Waals surface area contributed by atoms with Crippen molar-refractivity contribution in [3.05, 3.63) is 22.3 Å². The van der Waals surface area contributed by atoms with Crippen LogP contribution in [0.5, 0.6) is 0 Å². The van der Waals surface area contributed by atoms with Gasteiger partial charge in [-0.2, -0.15) is 0 Å². The SMILES string of the molecule is C=C(I)C(C)C[C@H](O)CC[C@@H]1O[C@@H](CCC2OCCCO2)CC1=C. The van der Waals surface area contributed by atoms with Crippen molar-refractivity contribution in [2.75, 3.05) is 13.2 Å². The Hall–Kier alpha value is 0.0500. The van der Waals surface area contributed by atoms with Gasteiger partial charge >= 0.3 is 0 Å². The summed E-state index contributed by atoms with van der Waals surface area (Å²) < 4.78 is 18.4. The van der Waals surface area contributed by atoms with Gasteiger partial charge in [-0.3, -0.25) is 0 Å². The average molecular weight is 450 g/mol. The first kappa shape index (κ1) is 20.4. The van der Waals surface area contributed by atoms with Crippen LogP contribution in [0.1, 0.15) is 51.9 Å². The van der Waals surface area contributed by atoms with E-state index in [0.717, 1.165) is 67.3 Å². The van der Waals surface area contributed by atoms with E-state index in [2.05, 4.69) is 42.7 Å². The lowest BCUT2D eigenvalue weighted by Crippen LogP contribution is -2.26. The molecule has 0 saturated carbocycles. The lowest BCUT2D eigenvalue weighted by Gasteiger charge is -2.24. The van der Waals surface area contributed by atoms with Crippen molar-refractivity contribution in [1.29, 1.82) is 0 Å². The van der Waals surface area contributed by atoms with Crippen LogP contribution in [0, 0.1) is 5.92 Å². The maximum absolute atomic E-state index is 10.2. The predicted octanol–water partition coefficient (Wildman–Crippen LogP) is 4.36. The molecule has 4 nitrogen and oxygen atoms in total. The van der Waals surface area contributed by atoms with Crippen LogP contribution >= 0.6 is 22.6 Å². The van der Waals surface area contributed by atoms with Crippen LogP contribution < -0.4 is 0 Å². The summed E-state index contributed by atoms with van der Waals surface area (Å²) >= 11 is 2.24. The Morgan fingerprint density at radius 3 is 2.67 bits per heavy atom. The normalized spacial score (nSPS) is 28.0. The zero-order chi connectivity index (χ0) is 17.5. The van der Waals surface area contributed by atoms with Crippen molar-refractivity contribution in [3.8, 4) is 0 Å². The smallest absolute Gasteiger partial charge is 0.157 e. The Bertz CT molecular complexity index is 420. The topological polar surface area (TPSA) is 47.9 Å². The van der Waals surface area contributed by atoms with E-state index in [1.807, 2.05) is 0 Å². The van der Waals surface area contributed by atoms with Crippen LogP contribution in [0.15, 0.2) is 22.3 Å². The number of hydrogen-bond donors (Lipinski definition) is 1. The maximum Gasteiger partial charge on any atom is 0.157 e. The summed E-state index contributed by atoms with van der Waals surface area (Å²) in [5, 5.41) is 10.2. The van der Waals surface area contributed by atoms with E-state index in [1.165, 1.54) is 0 Å². The summed E-state index contributed by atoms with van der Waals surface area (Å²) in [7, 11) is 0. The van der Waals surface area contributed by atoms with Crippen molar-refractivity contribution in [2.24, 2.45) is 5.92 Å². The van der Waals surface area contributed by atoms with Gasteiger partial charge < -0.3 is 19.3 Å². The molecule has 0 aliphatic carbocycles. The van der Waals surface area contributed by atoms with Gasteiger partial charge in [-0.25, -0.2) is 0 Å². The van der Waals surface area contributed by atoms with E-state index >= 15 is 0 Å². The van der Waals surface area contributed by atoms with E-state index in [9.17, 15) is 5.11 Å². The zero-order valence-electron chi connectivity index (χ0n) is 14.7. The van der Waals surface area contributed by atoms with Gasteiger partial charge in [-0.05, 0) is 76.2 Å². The molecule has 1 N–H and O–H groups in total. The lowest BCUT2D eigenvalue weighted by atomic mass is 9.97. The molecule has 2 aliphatic heterocycles. The van der Waals surface area contributed by atoms with Crippen LogP contribution in [-0.2, 0) is 14.2 Å². The largest absolute Gasteiger partial charge is 0.393 e. The summed E-state index contributed by atoms with van der Waals surface area (Å²) in [6.45, 7) is 11.8. The Labute approximate surface area is 159 Å². The summed E-state index contributed by atoms with van der Waals surface area (Å²) in [4.78, 5) is 0. The average Bonchev–Trinajstić information content (AvgIpc) is 2.92. The number of allylic oxidation sites excluding steroid dienone is 1. The summed E-state index contributed by atoms with van der Waals surface area (Å²) in [6.07, 6.45) is 5.99. The summed E-state index contributed by atoms with van der Waals surface area (Å²) in [6, 6.07) is 0. The van der Waals surface area contributed by atoms with Gasteiger partial charge in [-0.15, -0.1) is 0 Å². The second-order valence-corrected chi connectivity index (χ2v) is 8.41. The van der Waals surface area contributed by atoms with Crippen molar-refractivity contribution in [3.63, 3.8) is 0 Å². The van der Waals surface area contributed by atoms with Crippen LogP contribution in [0.2, 0.25) is 0 Å². The molecule has 0 amide bonds. The van der Waals surface area contributed by atoms with Gasteiger partial charge in [0.05, 0.1) is 31.5 Å². The van der Waals surface area contributed by atoms with E-state index < -0.39 is 0 Å². The molecule has 2 fully saturated rings. The van der Waals surface area contributed by atoms with E-state index in [-0.39, 0.29) is 24.6 Å². The van der Waals surface area contributed by atoms with Gasteiger partial charge in [0, 0.05) is 6.42 Å². The highest BCUT2D eigenvalue weighted by Gasteiger charge is 2.30. The van der Waals surface area contributed by atoms with Crippen LogP contribution in [0.3, 0.4) is 0 Å². The molecule has 1 unspecified atom stereocenters. The number of hydrogen-bond acceptors (Lipinski definition) is 4. The van der Waals surface area contributed by atoms with E-state index in [1.54, 1.807) is 0 Å². The van der Waals surface area contributed by atoms with Gasteiger partial charge in [-0.1, -0.05) is 20.1 Å². The first-order chi connectivity index (χ1) is 11.5. The van der Waals surface area contributed by atoms with Crippen LogP contribution in [0.4, 0.5) is 0 Å². The molecule has 0 bridgehead atoms. The predicted molar refractivity (Wildman–Crippen MR) is 104 cm³/mol. The second-order valence-electron chi connectivity index (χ2n) is 7.03. The molecule has 2 heterocycles. The highest BCUT2D eigenvalue weighted by molar-refractivity contribution is 14.1. The number of halogens is 1. The Morgan fingerprint density at radius 1 is 1.29 bits per heavy atom. The summed E-state index contributed by atoms with van der Waals surface area (Å²) in [5.41, 5.74) is 1.16. The monoisotopic (exact) mass is 450 g/mol. The number of aliphatic hydroxyl groups is 1. The maximum atomic E-state index is 10.2. The first-order valence-corrected chi connectivity index (χ1v) is 10.1. The number of aliphatic hydroxyl groups excluding tert-OH is 1. The summed E-state index contributed by atoms with van der Waals surface area (Å²) in [5.74, 6) is 0.344. The third-order valence-electron chi connectivity index (χ3n) is 4.84. The minimum absolute atomic E-state index is 0.0700. The molecule has 4 atom stereocenters. The lowest BCUT2D eigenvalue weighted by molar-refractivity contribution is -0.184. The third-order valence-corrected chi connectivity index (χ3v) is 5.91. The van der Waals surface area contributed by atoms with Crippen molar-refractivity contribution >= 4 is 22.6 Å². The van der Waals surface area contributed by atoms with Gasteiger partial charge in [0.1, 0.15) is 0 Å². The Kier molecular flexibility index (Phi) is 8.71. The molecule has 0 aromatic heterocycles. The zero-order valence-corrected chi connectivity index (χ0v) is 16.9. The minimum atomic E-state index is -0.300. The molecule has 5 heteroatoms. The highest BCUT2D eigenvalue weighted by Crippen LogP contribution is 2.32. The molecule has 0 spiro atoms. The molecular formula is C19H31IO4. The minimum Gasteiger partial charge on any atom is -0.393 e. The second kappa shape index (κ2) is 10.3. The molecule has 0 aromatic carbocycles. The third kappa shape index (κ3) is 6.75. The Balaban J connectivity index is 1.65. The molecule has 138 valence electrons. The number of rotatable bonds is 9.